The first kappa shape index (κ1) is 21.7. The highest BCUT2D eigenvalue weighted by Crippen LogP contribution is 2.44. The largest absolute Gasteiger partial charge is 0.479 e. The Labute approximate surface area is 194 Å². The number of amides is 2. The summed E-state index contributed by atoms with van der Waals surface area (Å²) < 4.78 is 10.6. The first-order valence-corrected chi connectivity index (χ1v) is 10.8. The number of nitrogens with one attached hydrogen (secondary N) is 2. The zero-order chi connectivity index (χ0) is 23.7. The summed E-state index contributed by atoms with van der Waals surface area (Å²) in [7, 11) is 0. The van der Waals surface area contributed by atoms with E-state index in [-0.39, 0.29) is 43.7 Å². The average Bonchev–Trinajstić information content (AvgIpc) is 3.45. The molecule has 0 spiro atoms. The molecule has 2 aliphatic rings. The molecule has 1 fully saturated rings. The van der Waals surface area contributed by atoms with Crippen LogP contribution in [0.25, 0.3) is 11.1 Å². The second kappa shape index (κ2) is 8.99. The highest BCUT2D eigenvalue weighted by molar-refractivity contribution is 5.94. The van der Waals surface area contributed by atoms with Gasteiger partial charge in [-0.1, -0.05) is 48.5 Å². The van der Waals surface area contributed by atoms with Crippen LogP contribution in [0, 0.1) is 0 Å². The predicted molar refractivity (Wildman–Crippen MR) is 121 cm³/mol. The molecule has 0 bridgehead atoms. The SMILES string of the molecule is O=C(Nc1cc(C(=O)N2CCOC(C(=O)O)C2)[nH]n1)OCC1c2ccccc2-c2ccccc21. The molecule has 34 heavy (non-hydrogen) atoms. The number of nitrogens with zero attached hydrogens (tertiary/aromatic N) is 2. The summed E-state index contributed by atoms with van der Waals surface area (Å²) in [5.74, 6) is -1.50. The molecule has 1 aromatic heterocycles. The van der Waals surface area contributed by atoms with E-state index in [4.69, 9.17) is 14.6 Å². The third kappa shape index (κ3) is 4.11. The van der Waals surface area contributed by atoms with Gasteiger partial charge >= 0.3 is 12.1 Å². The van der Waals surface area contributed by atoms with E-state index in [0.29, 0.717) is 0 Å². The number of aliphatic carboxylic acids is 1. The van der Waals surface area contributed by atoms with Gasteiger partial charge in [-0.2, -0.15) is 5.10 Å². The third-order valence-corrected chi connectivity index (χ3v) is 6.01. The van der Waals surface area contributed by atoms with Crippen molar-refractivity contribution in [3.63, 3.8) is 0 Å². The minimum absolute atomic E-state index is 0.0671. The van der Waals surface area contributed by atoms with Crippen molar-refractivity contribution in [3.8, 4) is 11.1 Å². The number of carbonyl (C=O) groups excluding carboxylic acids is 2. The van der Waals surface area contributed by atoms with E-state index in [9.17, 15) is 14.4 Å². The van der Waals surface area contributed by atoms with Gasteiger partial charge in [0.15, 0.2) is 11.9 Å². The van der Waals surface area contributed by atoms with E-state index in [2.05, 4.69) is 27.6 Å². The summed E-state index contributed by atoms with van der Waals surface area (Å²) in [6, 6.07) is 17.5. The molecule has 1 unspecified atom stereocenters. The Morgan fingerprint density at radius 2 is 1.79 bits per heavy atom. The number of aromatic nitrogens is 2. The standard InChI is InChI=1S/C24H22N4O6/c29-22(28-9-10-33-20(12-28)23(30)31)19-11-21(27-26-19)25-24(32)34-13-18-16-7-3-1-5-14(16)15-6-2-4-8-17(15)18/h1-8,11,18,20H,9-10,12-13H2,(H,30,31)(H2,25,26,27,32). The molecular weight excluding hydrogens is 440 g/mol. The van der Waals surface area contributed by atoms with E-state index >= 15 is 0 Å². The van der Waals surface area contributed by atoms with E-state index in [1.54, 1.807) is 0 Å². The molecule has 2 aromatic carbocycles. The lowest BCUT2D eigenvalue weighted by molar-refractivity contribution is -0.154. The number of fused-ring (bicyclic) bond motifs is 3. The van der Waals surface area contributed by atoms with E-state index in [1.165, 1.54) is 11.0 Å². The number of morpholine rings is 1. The van der Waals surface area contributed by atoms with Gasteiger partial charge in [0.2, 0.25) is 0 Å². The Kier molecular flexibility index (Phi) is 5.72. The number of anilines is 1. The number of carbonyl (C=O) groups is 3. The molecular formula is C24H22N4O6. The first-order valence-electron chi connectivity index (χ1n) is 10.8. The van der Waals surface area contributed by atoms with Crippen LogP contribution in [0.1, 0.15) is 27.5 Å². The summed E-state index contributed by atoms with van der Waals surface area (Å²) in [6.45, 7) is 0.473. The van der Waals surface area contributed by atoms with Gasteiger partial charge in [0, 0.05) is 18.5 Å². The molecule has 3 N–H and O–H groups in total. The molecule has 10 heteroatoms. The summed E-state index contributed by atoms with van der Waals surface area (Å²) in [5, 5.41) is 18.2. The quantitative estimate of drug-likeness (QED) is 0.531. The summed E-state index contributed by atoms with van der Waals surface area (Å²) >= 11 is 0. The van der Waals surface area contributed by atoms with Crippen molar-refractivity contribution < 1.29 is 29.0 Å². The number of H-pyrrole nitrogens is 1. The monoisotopic (exact) mass is 462 g/mol. The molecule has 1 aliphatic carbocycles. The van der Waals surface area contributed by atoms with Gasteiger partial charge in [0.25, 0.3) is 5.91 Å². The normalized spacial score (nSPS) is 17.1. The fourth-order valence-electron chi connectivity index (χ4n) is 4.39. The third-order valence-electron chi connectivity index (χ3n) is 6.01. The van der Waals surface area contributed by atoms with Crippen molar-refractivity contribution in [2.45, 2.75) is 12.0 Å². The minimum Gasteiger partial charge on any atom is -0.479 e. The van der Waals surface area contributed by atoms with Crippen LogP contribution >= 0.6 is 0 Å². The smallest absolute Gasteiger partial charge is 0.412 e. The van der Waals surface area contributed by atoms with Crippen LogP contribution in [0.4, 0.5) is 10.6 Å². The molecule has 1 atom stereocenters. The number of benzene rings is 2. The van der Waals surface area contributed by atoms with E-state index in [1.807, 2.05) is 36.4 Å². The molecule has 3 aromatic rings. The van der Waals surface area contributed by atoms with Crippen molar-refractivity contribution in [2.24, 2.45) is 0 Å². The van der Waals surface area contributed by atoms with E-state index < -0.39 is 24.1 Å². The summed E-state index contributed by atoms with van der Waals surface area (Å²) in [4.78, 5) is 37.6. The number of hydrogen-bond acceptors (Lipinski definition) is 6. The molecule has 2 heterocycles. The van der Waals surface area contributed by atoms with Crippen LogP contribution in [-0.4, -0.2) is 70.6 Å². The number of rotatable bonds is 5. The second-order valence-electron chi connectivity index (χ2n) is 8.07. The summed E-state index contributed by atoms with van der Waals surface area (Å²) in [6.07, 6.45) is -1.76. The summed E-state index contributed by atoms with van der Waals surface area (Å²) in [5.41, 5.74) is 4.61. The van der Waals surface area contributed by atoms with Crippen LogP contribution in [0.5, 0.6) is 0 Å². The second-order valence-corrected chi connectivity index (χ2v) is 8.07. The minimum atomic E-state index is -1.13. The van der Waals surface area contributed by atoms with Crippen molar-refractivity contribution in [3.05, 3.63) is 71.4 Å². The molecule has 1 saturated heterocycles. The van der Waals surface area contributed by atoms with Crippen molar-refractivity contribution in [1.82, 2.24) is 15.1 Å². The highest BCUT2D eigenvalue weighted by Gasteiger charge is 2.31. The fourth-order valence-corrected chi connectivity index (χ4v) is 4.39. The van der Waals surface area contributed by atoms with Crippen molar-refractivity contribution in [1.29, 1.82) is 0 Å². The zero-order valence-corrected chi connectivity index (χ0v) is 18.1. The van der Waals surface area contributed by atoms with Gasteiger partial charge < -0.3 is 19.5 Å². The van der Waals surface area contributed by atoms with E-state index in [0.717, 1.165) is 22.3 Å². The lowest BCUT2D eigenvalue weighted by Crippen LogP contribution is -2.48. The number of carboxylic acid groups (broad SMARTS) is 1. The highest BCUT2D eigenvalue weighted by atomic mass is 16.5. The Hall–Kier alpha value is -4.18. The molecule has 174 valence electrons. The maximum atomic E-state index is 12.7. The van der Waals surface area contributed by atoms with Crippen LogP contribution < -0.4 is 5.32 Å². The maximum Gasteiger partial charge on any atom is 0.412 e. The fraction of sp³-hybridized carbons (Fsp3) is 0.250. The van der Waals surface area contributed by atoms with Crippen LogP contribution in [0.15, 0.2) is 54.6 Å². The average molecular weight is 462 g/mol. The Balaban J connectivity index is 1.20. The lowest BCUT2D eigenvalue weighted by Gasteiger charge is -2.30. The zero-order valence-electron chi connectivity index (χ0n) is 18.1. The van der Waals surface area contributed by atoms with Gasteiger partial charge in [-0.05, 0) is 22.3 Å². The lowest BCUT2D eigenvalue weighted by atomic mass is 9.98. The predicted octanol–water partition coefficient (Wildman–Crippen LogP) is 2.70. The van der Waals surface area contributed by atoms with Gasteiger partial charge in [-0.15, -0.1) is 0 Å². The molecule has 0 saturated carbocycles. The molecule has 0 radical (unpaired) electrons. The van der Waals surface area contributed by atoms with Gasteiger partial charge in [-0.3, -0.25) is 15.2 Å². The number of ether oxygens (including phenoxy) is 2. The number of aromatic amines is 1. The Bertz CT molecular complexity index is 1210. The van der Waals surface area contributed by atoms with Gasteiger partial charge in [0.1, 0.15) is 12.3 Å². The van der Waals surface area contributed by atoms with Crippen LogP contribution in [0.3, 0.4) is 0 Å². The van der Waals surface area contributed by atoms with Crippen LogP contribution in [0.2, 0.25) is 0 Å². The van der Waals surface area contributed by atoms with Crippen molar-refractivity contribution >= 4 is 23.8 Å². The van der Waals surface area contributed by atoms with Crippen LogP contribution in [-0.2, 0) is 14.3 Å². The van der Waals surface area contributed by atoms with Gasteiger partial charge in [0.05, 0.1) is 13.2 Å². The molecule has 2 amide bonds. The molecule has 10 nitrogen and oxygen atoms in total. The Morgan fingerprint density at radius 1 is 1.12 bits per heavy atom. The molecule has 1 aliphatic heterocycles. The van der Waals surface area contributed by atoms with Crippen molar-refractivity contribution in [2.75, 3.05) is 31.6 Å². The molecule has 5 rings (SSSR count). The van der Waals surface area contributed by atoms with Gasteiger partial charge in [-0.25, -0.2) is 9.59 Å². The number of hydrogen-bond donors (Lipinski definition) is 3. The first-order chi connectivity index (χ1) is 16.5. The number of carboxylic acids is 1. The topological polar surface area (TPSA) is 134 Å². The Morgan fingerprint density at radius 3 is 2.47 bits per heavy atom. The maximum absolute atomic E-state index is 12.7.